The van der Waals surface area contributed by atoms with E-state index in [0.29, 0.717) is 11.6 Å². The summed E-state index contributed by atoms with van der Waals surface area (Å²) < 4.78 is 20.2. The van der Waals surface area contributed by atoms with E-state index < -0.39 is 0 Å². The number of hydrogen-bond donors (Lipinski definition) is 0. The Hall–Kier alpha value is -2.10. The number of carbonyl (C=O) groups is 1. The zero-order chi connectivity index (χ0) is 15.0. The van der Waals surface area contributed by atoms with Crippen LogP contribution in [0.5, 0.6) is 0 Å². The molecule has 1 heterocycles. The van der Waals surface area contributed by atoms with E-state index in [1.54, 1.807) is 12.1 Å². The van der Waals surface area contributed by atoms with Crippen molar-refractivity contribution in [2.24, 2.45) is 0 Å². The highest BCUT2D eigenvalue weighted by atomic mass is 19.1. The Labute approximate surface area is 123 Å². The minimum absolute atomic E-state index is 0.259. The maximum Gasteiger partial charge on any atom is 0.339 e. The summed E-state index contributed by atoms with van der Waals surface area (Å²) in [5, 5.41) is 0. The minimum Gasteiger partial charge on any atom is -0.465 e. The Morgan fingerprint density at radius 2 is 1.95 bits per heavy atom. The number of halogens is 1. The van der Waals surface area contributed by atoms with Crippen molar-refractivity contribution >= 4 is 5.97 Å². The maximum absolute atomic E-state index is 13.1. The lowest BCUT2D eigenvalue weighted by molar-refractivity contribution is 0.0599. The second-order valence-corrected chi connectivity index (χ2v) is 5.48. The molecular formula is C17H18FNO2. The third kappa shape index (κ3) is 2.35. The summed E-state index contributed by atoms with van der Waals surface area (Å²) in [7, 11) is 1.39. The Morgan fingerprint density at radius 1 is 1.29 bits per heavy atom. The fourth-order valence-corrected chi connectivity index (χ4v) is 2.90. The molecule has 3 nitrogen and oxygen atoms in total. The van der Waals surface area contributed by atoms with Gasteiger partial charge in [0, 0.05) is 17.4 Å². The highest BCUT2D eigenvalue weighted by Gasteiger charge is 2.27. The average Bonchev–Trinajstić information content (AvgIpc) is 2.76. The van der Waals surface area contributed by atoms with Gasteiger partial charge in [-0.3, -0.25) is 0 Å². The van der Waals surface area contributed by atoms with Gasteiger partial charge in [0.2, 0.25) is 0 Å². The average molecular weight is 287 g/mol. The van der Waals surface area contributed by atoms with Gasteiger partial charge in [-0.15, -0.1) is 0 Å². The van der Waals surface area contributed by atoms with E-state index in [4.69, 9.17) is 4.74 Å². The van der Waals surface area contributed by atoms with Crippen molar-refractivity contribution in [2.75, 3.05) is 7.11 Å². The Bertz CT molecular complexity index is 669. The van der Waals surface area contributed by atoms with Gasteiger partial charge < -0.3 is 9.30 Å². The topological polar surface area (TPSA) is 31.2 Å². The van der Waals surface area contributed by atoms with Gasteiger partial charge in [0.1, 0.15) is 5.82 Å². The minimum atomic E-state index is -0.325. The van der Waals surface area contributed by atoms with Crippen LogP contribution in [0.15, 0.2) is 30.3 Å². The molecule has 0 saturated heterocycles. The van der Waals surface area contributed by atoms with Gasteiger partial charge in [0.15, 0.2) is 0 Å². The fraction of sp³-hybridized carbons (Fsp3) is 0.353. The van der Waals surface area contributed by atoms with Gasteiger partial charge in [0.25, 0.3) is 0 Å². The SMILES string of the molecule is COC(=O)c1cc(-c2ccc(F)cc2)n(C2CCC2)c1C. The number of rotatable bonds is 3. The number of aromatic nitrogens is 1. The van der Waals surface area contributed by atoms with E-state index in [2.05, 4.69) is 4.57 Å². The summed E-state index contributed by atoms with van der Waals surface area (Å²) in [5.41, 5.74) is 3.38. The standard InChI is InChI=1S/C17H18FNO2/c1-11-15(17(20)21-2)10-16(19(11)14-4-3-5-14)12-6-8-13(18)9-7-12/h6-10,14H,3-5H2,1-2H3. The van der Waals surface area contributed by atoms with Crippen molar-refractivity contribution in [3.63, 3.8) is 0 Å². The van der Waals surface area contributed by atoms with Crippen LogP contribution in [0.2, 0.25) is 0 Å². The molecule has 1 aromatic carbocycles. The van der Waals surface area contributed by atoms with Crippen LogP contribution < -0.4 is 0 Å². The first-order valence-corrected chi connectivity index (χ1v) is 7.18. The number of ether oxygens (including phenoxy) is 1. The van der Waals surface area contributed by atoms with Crippen LogP contribution in [0.3, 0.4) is 0 Å². The third-order valence-corrected chi connectivity index (χ3v) is 4.28. The molecule has 21 heavy (non-hydrogen) atoms. The highest BCUT2D eigenvalue weighted by Crippen LogP contribution is 2.38. The van der Waals surface area contributed by atoms with Gasteiger partial charge in [0.05, 0.1) is 12.7 Å². The molecule has 0 radical (unpaired) electrons. The van der Waals surface area contributed by atoms with E-state index in [1.807, 2.05) is 13.0 Å². The number of esters is 1. The molecule has 1 aromatic heterocycles. The molecule has 1 saturated carbocycles. The largest absolute Gasteiger partial charge is 0.465 e. The second kappa shape index (κ2) is 5.35. The molecular weight excluding hydrogens is 269 g/mol. The predicted octanol–water partition coefficient (Wildman–Crippen LogP) is 4.11. The summed E-state index contributed by atoms with van der Waals surface area (Å²) in [6.07, 6.45) is 3.44. The van der Waals surface area contributed by atoms with Gasteiger partial charge in [-0.1, -0.05) is 0 Å². The van der Waals surface area contributed by atoms with Crippen molar-refractivity contribution in [3.05, 3.63) is 47.4 Å². The summed E-state index contributed by atoms with van der Waals surface area (Å²) in [4.78, 5) is 11.9. The van der Waals surface area contributed by atoms with Gasteiger partial charge >= 0.3 is 5.97 Å². The first kappa shape index (κ1) is 13.9. The van der Waals surface area contributed by atoms with Crippen LogP contribution in [0.4, 0.5) is 4.39 Å². The van der Waals surface area contributed by atoms with Crippen LogP contribution in [-0.4, -0.2) is 17.6 Å². The molecule has 0 N–H and O–H groups in total. The number of methoxy groups -OCH3 is 1. The predicted molar refractivity (Wildman–Crippen MR) is 78.8 cm³/mol. The molecule has 3 rings (SSSR count). The zero-order valence-electron chi connectivity index (χ0n) is 12.2. The number of benzene rings is 1. The Balaban J connectivity index is 2.13. The smallest absolute Gasteiger partial charge is 0.339 e. The monoisotopic (exact) mass is 287 g/mol. The number of hydrogen-bond acceptors (Lipinski definition) is 2. The van der Waals surface area contributed by atoms with Gasteiger partial charge in [-0.25, -0.2) is 9.18 Å². The van der Waals surface area contributed by atoms with Crippen LogP contribution >= 0.6 is 0 Å². The van der Waals surface area contributed by atoms with Gasteiger partial charge in [-0.05, 0) is 62.1 Å². The molecule has 0 amide bonds. The first-order chi connectivity index (χ1) is 10.1. The summed E-state index contributed by atoms with van der Waals surface area (Å²) in [6, 6.07) is 8.66. The molecule has 0 bridgehead atoms. The summed E-state index contributed by atoms with van der Waals surface area (Å²) >= 11 is 0. The summed E-state index contributed by atoms with van der Waals surface area (Å²) in [5.74, 6) is -0.584. The first-order valence-electron chi connectivity index (χ1n) is 7.18. The highest BCUT2D eigenvalue weighted by molar-refractivity contribution is 5.92. The maximum atomic E-state index is 13.1. The molecule has 1 aliphatic carbocycles. The molecule has 0 atom stereocenters. The van der Waals surface area contributed by atoms with Crippen LogP contribution in [0.25, 0.3) is 11.3 Å². The van der Waals surface area contributed by atoms with E-state index in [9.17, 15) is 9.18 Å². The van der Waals surface area contributed by atoms with E-state index >= 15 is 0 Å². The molecule has 0 spiro atoms. The Morgan fingerprint density at radius 3 is 2.48 bits per heavy atom. The Kier molecular flexibility index (Phi) is 3.53. The lowest BCUT2D eigenvalue weighted by Crippen LogP contribution is -2.19. The fourth-order valence-electron chi connectivity index (χ4n) is 2.90. The van der Waals surface area contributed by atoms with Crippen LogP contribution in [0, 0.1) is 12.7 Å². The molecule has 1 fully saturated rings. The van der Waals surface area contributed by atoms with E-state index in [-0.39, 0.29) is 11.8 Å². The third-order valence-electron chi connectivity index (χ3n) is 4.28. The lowest BCUT2D eigenvalue weighted by Gasteiger charge is -2.30. The normalized spacial score (nSPS) is 14.8. The zero-order valence-corrected chi connectivity index (χ0v) is 12.2. The van der Waals surface area contributed by atoms with Crippen LogP contribution in [-0.2, 0) is 4.74 Å². The van der Waals surface area contributed by atoms with Crippen LogP contribution in [0.1, 0.15) is 41.4 Å². The summed E-state index contributed by atoms with van der Waals surface area (Å²) in [6.45, 7) is 1.94. The van der Waals surface area contributed by atoms with E-state index in [1.165, 1.54) is 25.7 Å². The number of carbonyl (C=O) groups excluding carboxylic acids is 1. The quantitative estimate of drug-likeness (QED) is 0.795. The van der Waals surface area contributed by atoms with E-state index in [0.717, 1.165) is 29.8 Å². The molecule has 0 unspecified atom stereocenters. The van der Waals surface area contributed by atoms with Gasteiger partial charge in [-0.2, -0.15) is 0 Å². The molecule has 110 valence electrons. The van der Waals surface area contributed by atoms with Crippen molar-refractivity contribution < 1.29 is 13.9 Å². The molecule has 1 aliphatic rings. The van der Waals surface area contributed by atoms with Crippen molar-refractivity contribution in [1.29, 1.82) is 0 Å². The number of nitrogens with zero attached hydrogens (tertiary/aromatic N) is 1. The van der Waals surface area contributed by atoms with Crippen molar-refractivity contribution in [3.8, 4) is 11.3 Å². The second-order valence-electron chi connectivity index (χ2n) is 5.48. The van der Waals surface area contributed by atoms with Crippen molar-refractivity contribution in [2.45, 2.75) is 32.2 Å². The molecule has 0 aliphatic heterocycles. The van der Waals surface area contributed by atoms with Crippen molar-refractivity contribution in [1.82, 2.24) is 4.57 Å². The molecule has 4 heteroatoms. The molecule has 2 aromatic rings. The lowest BCUT2D eigenvalue weighted by atomic mass is 9.92.